The van der Waals surface area contributed by atoms with Crippen LogP contribution in [-0.2, 0) is 14.8 Å². The number of anilines is 2. The molecule has 0 radical (unpaired) electrons. The highest BCUT2D eigenvalue weighted by atomic mass is 32.2. The Kier molecular flexibility index (Phi) is 5.31. The maximum absolute atomic E-state index is 13.8. The molecule has 0 fully saturated rings. The Hall–Kier alpha value is -2.62. The Morgan fingerprint density at radius 3 is 2.12 bits per heavy atom. The molecule has 0 spiro atoms. The molecule has 5 nitrogen and oxygen atoms in total. The van der Waals surface area contributed by atoms with Gasteiger partial charge in [0.05, 0.1) is 6.26 Å². The smallest absolute Gasteiger partial charge is 0.245 e. The largest absolute Gasteiger partial charge is 0.324 e. The number of carbonyl (C=O) groups excluding carboxylic acids is 1. The van der Waals surface area contributed by atoms with Crippen LogP contribution in [0.4, 0.5) is 28.9 Å². The predicted molar refractivity (Wildman–Crippen MR) is 83.5 cm³/mol. The molecule has 0 saturated carbocycles. The molecule has 0 aliphatic heterocycles. The van der Waals surface area contributed by atoms with E-state index in [1.54, 1.807) is 0 Å². The van der Waals surface area contributed by atoms with Crippen LogP contribution in [0.5, 0.6) is 0 Å². The summed E-state index contributed by atoms with van der Waals surface area (Å²) in [6, 6.07) is 5.20. The molecular formula is C15H12F4N2O3S. The third-order valence-electron chi connectivity index (χ3n) is 3.08. The van der Waals surface area contributed by atoms with Crippen LogP contribution in [0.3, 0.4) is 0 Å². The van der Waals surface area contributed by atoms with Crippen LogP contribution in [0.2, 0.25) is 0 Å². The zero-order valence-corrected chi connectivity index (χ0v) is 13.6. The maximum Gasteiger partial charge on any atom is 0.245 e. The monoisotopic (exact) mass is 376 g/mol. The van der Waals surface area contributed by atoms with Crippen molar-refractivity contribution in [2.24, 2.45) is 0 Å². The Bertz CT molecular complexity index is 899. The number of benzene rings is 2. The summed E-state index contributed by atoms with van der Waals surface area (Å²) < 4.78 is 77.5. The van der Waals surface area contributed by atoms with Gasteiger partial charge in [0.15, 0.2) is 23.3 Å². The molecule has 0 aliphatic carbocycles. The van der Waals surface area contributed by atoms with Crippen LogP contribution in [0, 0.1) is 23.3 Å². The highest BCUT2D eigenvalue weighted by molar-refractivity contribution is 7.92. The lowest BCUT2D eigenvalue weighted by Gasteiger charge is -2.22. The number of nitrogens with zero attached hydrogens (tertiary/aromatic N) is 1. The van der Waals surface area contributed by atoms with Gasteiger partial charge in [-0.3, -0.25) is 9.10 Å². The van der Waals surface area contributed by atoms with E-state index >= 15 is 0 Å². The van der Waals surface area contributed by atoms with Crippen molar-refractivity contribution in [2.45, 2.75) is 0 Å². The molecule has 134 valence electrons. The Morgan fingerprint density at radius 2 is 1.60 bits per heavy atom. The summed E-state index contributed by atoms with van der Waals surface area (Å²) in [7, 11) is -4.21. The zero-order valence-electron chi connectivity index (χ0n) is 12.8. The van der Waals surface area contributed by atoms with E-state index in [-0.39, 0.29) is 9.99 Å². The van der Waals surface area contributed by atoms with E-state index in [1.807, 2.05) is 0 Å². The average Bonchev–Trinajstić information content (AvgIpc) is 2.49. The van der Waals surface area contributed by atoms with E-state index in [2.05, 4.69) is 5.32 Å². The van der Waals surface area contributed by atoms with Crippen molar-refractivity contribution in [3.05, 3.63) is 59.7 Å². The summed E-state index contributed by atoms with van der Waals surface area (Å²) in [6.45, 7) is -0.963. The minimum absolute atomic E-state index is 0.147. The minimum Gasteiger partial charge on any atom is -0.324 e. The molecule has 2 rings (SSSR count). The highest BCUT2D eigenvalue weighted by Gasteiger charge is 2.26. The van der Waals surface area contributed by atoms with Gasteiger partial charge in [-0.1, -0.05) is 6.07 Å². The van der Waals surface area contributed by atoms with Crippen molar-refractivity contribution >= 4 is 27.3 Å². The number of hydrogen-bond acceptors (Lipinski definition) is 3. The van der Waals surface area contributed by atoms with Gasteiger partial charge < -0.3 is 5.32 Å². The summed E-state index contributed by atoms with van der Waals surface area (Å²) in [6.07, 6.45) is 0.670. The standard InChI is InChI=1S/C15H12F4N2O3S/c1-25(23,24)21(15-11(17)3-2-4-12(15)18)8-14(22)20-9-5-6-10(16)13(19)7-9/h2-7H,8H2,1H3,(H,20,22). The number of amides is 1. The number of hydrogen-bond donors (Lipinski definition) is 1. The van der Waals surface area contributed by atoms with Crippen LogP contribution in [0.15, 0.2) is 36.4 Å². The van der Waals surface area contributed by atoms with E-state index in [9.17, 15) is 30.8 Å². The summed E-state index contributed by atoms with van der Waals surface area (Å²) in [5.41, 5.74) is -1.06. The lowest BCUT2D eigenvalue weighted by atomic mass is 10.2. The molecule has 25 heavy (non-hydrogen) atoms. The molecule has 0 bridgehead atoms. The lowest BCUT2D eigenvalue weighted by molar-refractivity contribution is -0.114. The molecule has 0 atom stereocenters. The number of carbonyl (C=O) groups is 1. The number of halogens is 4. The van der Waals surface area contributed by atoms with E-state index in [0.717, 1.165) is 30.3 Å². The van der Waals surface area contributed by atoms with Crippen molar-refractivity contribution in [1.82, 2.24) is 0 Å². The van der Waals surface area contributed by atoms with Gasteiger partial charge in [0.25, 0.3) is 0 Å². The minimum atomic E-state index is -4.21. The first-order valence-corrected chi connectivity index (χ1v) is 8.61. The molecule has 0 aliphatic rings. The summed E-state index contributed by atoms with van der Waals surface area (Å²) >= 11 is 0. The second-order valence-electron chi connectivity index (χ2n) is 5.02. The normalized spacial score (nSPS) is 11.2. The van der Waals surface area contributed by atoms with Crippen LogP contribution in [0.25, 0.3) is 0 Å². The van der Waals surface area contributed by atoms with Gasteiger partial charge in [0.1, 0.15) is 12.2 Å². The number of para-hydroxylation sites is 1. The second-order valence-corrected chi connectivity index (χ2v) is 6.92. The van der Waals surface area contributed by atoms with E-state index in [1.165, 1.54) is 0 Å². The first-order valence-electron chi connectivity index (χ1n) is 6.76. The van der Waals surface area contributed by atoms with Gasteiger partial charge in [-0.2, -0.15) is 0 Å². The molecule has 10 heteroatoms. The fourth-order valence-electron chi connectivity index (χ4n) is 1.99. The molecule has 0 heterocycles. The first kappa shape index (κ1) is 18.7. The molecule has 0 saturated heterocycles. The predicted octanol–water partition coefficient (Wildman–Crippen LogP) is 2.65. The zero-order chi connectivity index (χ0) is 18.8. The van der Waals surface area contributed by atoms with Crippen LogP contribution >= 0.6 is 0 Å². The van der Waals surface area contributed by atoms with Gasteiger partial charge in [-0.25, -0.2) is 26.0 Å². The quantitative estimate of drug-likeness (QED) is 0.816. The number of rotatable bonds is 5. The van der Waals surface area contributed by atoms with E-state index < -0.39 is 51.4 Å². The van der Waals surface area contributed by atoms with Crippen LogP contribution in [-0.4, -0.2) is 27.1 Å². The third kappa shape index (κ3) is 4.47. The topological polar surface area (TPSA) is 66.5 Å². The van der Waals surface area contributed by atoms with Gasteiger partial charge in [0.2, 0.25) is 15.9 Å². The second kappa shape index (κ2) is 7.09. The summed E-state index contributed by atoms with van der Waals surface area (Å²) in [4.78, 5) is 12.0. The fourth-order valence-corrected chi connectivity index (χ4v) is 2.85. The summed E-state index contributed by atoms with van der Waals surface area (Å²) in [5, 5.41) is 2.12. The molecule has 2 aromatic carbocycles. The number of nitrogens with one attached hydrogen (secondary N) is 1. The fraction of sp³-hybridized carbons (Fsp3) is 0.133. The van der Waals surface area contributed by atoms with Gasteiger partial charge in [-0.05, 0) is 24.3 Å². The van der Waals surface area contributed by atoms with Crippen molar-refractivity contribution in [3.8, 4) is 0 Å². The van der Waals surface area contributed by atoms with Gasteiger partial charge in [0, 0.05) is 11.8 Å². The Labute approximate surface area is 140 Å². The third-order valence-corrected chi connectivity index (χ3v) is 4.19. The molecule has 0 unspecified atom stereocenters. The molecular weight excluding hydrogens is 364 g/mol. The van der Waals surface area contributed by atoms with E-state index in [0.29, 0.717) is 12.3 Å². The highest BCUT2D eigenvalue weighted by Crippen LogP contribution is 2.25. The van der Waals surface area contributed by atoms with Crippen molar-refractivity contribution in [2.75, 3.05) is 22.4 Å². The Morgan fingerprint density at radius 1 is 1.00 bits per heavy atom. The van der Waals surface area contributed by atoms with Crippen LogP contribution in [0.1, 0.15) is 0 Å². The molecule has 1 N–H and O–H groups in total. The van der Waals surface area contributed by atoms with Gasteiger partial charge in [-0.15, -0.1) is 0 Å². The van der Waals surface area contributed by atoms with Crippen molar-refractivity contribution in [3.63, 3.8) is 0 Å². The molecule has 1 amide bonds. The lowest BCUT2D eigenvalue weighted by Crippen LogP contribution is -2.38. The first-order chi connectivity index (χ1) is 11.6. The number of sulfonamides is 1. The average molecular weight is 376 g/mol. The van der Waals surface area contributed by atoms with Crippen molar-refractivity contribution < 1.29 is 30.8 Å². The maximum atomic E-state index is 13.8. The van der Waals surface area contributed by atoms with Crippen molar-refractivity contribution in [1.29, 1.82) is 0 Å². The van der Waals surface area contributed by atoms with Crippen LogP contribution < -0.4 is 9.62 Å². The van der Waals surface area contributed by atoms with E-state index in [4.69, 9.17) is 0 Å². The summed E-state index contributed by atoms with van der Waals surface area (Å²) in [5.74, 6) is -5.71. The van der Waals surface area contributed by atoms with Gasteiger partial charge >= 0.3 is 0 Å². The molecule has 0 aromatic heterocycles. The molecule has 2 aromatic rings. The Balaban J connectivity index is 2.29. The SMILES string of the molecule is CS(=O)(=O)N(CC(=O)Nc1ccc(F)c(F)c1)c1c(F)cccc1F.